The zero-order valence-electron chi connectivity index (χ0n) is 11.2. The quantitative estimate of drug-likeness (QED) is 0.871. The van der Waals surface area contributed by atoms with Crippen molar-refractivity contribution in [2.45, 2.75) is 32.7 Å². The van der Waals surface area contributed by atoms with Crippen LogP contribution >= 0.6 is 11.3 Å². The Balaban J connectivity index is 2.12. The Labute approximate surface area is 112 Å². The number of aryl methyl sites for hydroxylation is 2. The maximum absolute atomic E-state index is 4.55. The third-order valence-corrected chi connectivity index (χ3v) is 3.89. The molecule has 0 radical (unpaired) electrons. The molecule has 5 heteroatoms. The van der Waals surface area contributed by atoms with Gasteiger partial charge in [-0.1, -0.05) is 6.92 Å². The Morgan fingerprint density at radius 1 is 1.50 bits per heavy atom. The van der Waals surface area contributed by atoms with Crippen molar-refractivity contribution in [3.05, 3.63) is 34.3 Å². The number of hydrogen-bond acceptors (Lipinski definition) is 4. The van der Waals surface area contributed by atoms with Crippen LogP contribution in [0, 0.1) is 6.92 Å². The van der Waals surface area contributed by atoms with Crippen LogP contribution in [0.25, 0.3) is 0 Å². The third-order valence-electron chi connectivity index (χ3n) is 2.90. The van der Waals surface area contributed by atoms with Crippen molar-refractivity contribution in [1.82, 2.24) is 19.9 Å². The molecule has 2 rings (SSSR count). The summed E-state index contributed by atoms with van der Waals surface area (Å²) in [4.78, 5) is 8.75. The Morgan fingerprint density at radius 2 is 2.33 bits per heavy atom. The summed E-state index contributed by atoms with van der Waals surface area (Å²) in [6.45, 7) is 5.24. The van der Waals surface area contributed by atoms with E-state index in [0.29, 0.717) is 6.04 Å². The van der Waals surface area contributed by atoms with Gasteiger partial charge in [0.1, 0.15) is 0 Å². The van der Waals surface area contributed by atoms with E-state index in [2.05, 4.69) is 32.2 Å². The number of thiazole rings is 1. The molecule has 0 aromatic carbocycles. The lowest BCUT2D eigenvalue weighted by atomic mass is 10.1. The average Bonchev–Trinajstić information content (AvgIpc) is 2.93. The monoisotopic (exact) mass is 264 g/mol. The summed E-state index contributed by atoms with van der Waals surface area (Å²) in [6.07, 6.45) is 5.85. The maximum Gasteiger partial charge on any atom is 0.0947 e. The molecule has 1 atom stereocenters. The van der Waals surface area contributed by atoms with Crippen molar-refractivity contribution >= 4 is 11.3 Å². The fraction of sp³-hybridized carbons (Fsp3) is 0.538. The summed E-state index contributed by atoms with van der Waals surface area (Å²) in [5, 5.41) is 6.87. The van der Waals surface area contributed by atoms with Crippen LogP contribution in [0.1, 0.15) is 35.8 Å². The van der Waals surface area contributed by atoms with Crippen molar-refractivity contribution in [3.8, 4) is 0 Å². The molecule has 0 spiro atoms. The molecule has 18 heavy (non-hydrogen) atoms. The lowest BCUT2D eigenvalue weighted by Gasteiger charge is -2.17. The molecular formula is C13H20N4S. The number of rotatable bonds is 6. The third kappa shape index (κ3) is 3.17. The van der Waals surface area contributed by atoms with Gasteiger partial charge in [-0.2, -0.15) is 0 Å². The van der Waals surface area contributed by atoms with Crippen LogP contribution in [0.15, 0.2) is 17.9 Å². The first-order chi connectivity index (χ1) is 8.70. The molecule has 2 aromatic rings. The second kappa shape index (κ2) is 6.11. The van der Waals surface area contributed by atoms with E-state index >= 15 is 0 Å². The Bertz CT molecular complexity index is 489. The number of hydrogen-bond donors (Lipinski definition) is 1. The van der Waals surface area contributed by atoms with Gasteiger partial charge in [0.05, 0.1) is 23.1 Å². The fourth-order valence-electron chi connectivity index (χ4n) is 1.97. The number of aromatic nitrogens is 3. The highest BCUT2D eigenvalue weighted by Gasteiger charge is 2.16. The standard InChI is InChI=1S/C13H20N4S/c1-4-5-15-11(12-7-14-9-17(12)3)6-13-16-10(2)8-18-13/h7-9,11,15H,4-6H2,1-3H3. The SMILES string of the molecule is CCCNC(Cc1nc(C)cs1)c1cncn1C. The van der Waals surface area contributed by atoms with Crippen molar-refractivity contribution in [2.24, 2.45) is 7.05 Å². The van der Waals surface area contributed by atoms with Gasteiger partial charge in [-0.25, -0.2) is 9.97 Å². The van der Waals surface area contributed by atoms with E-state index in [1.54, 1.807) is 11.3 Å². The van der Waals surface area contributed by atoms with Crippen molar-refractivity contribution in [2.75, 3.05) is 6.54 Å². The van der Waals surface area contributed by atoms with E-state index in [9.17, 15) is 0 Å². The van der Waals surface area contributed by atoms with Crippen LogP contribution in [0.3, 0.4) is 0 Å². The zero-order valence-corrected chi connectivity index (χ0v) is 12.0. The van der Waals surface area contributed by atoms with E-state index < -0.39 is 0 Å². The van der Waals surface area contributed by atoms with Crippen molar-refractivity contribution in [1.29, 1.82) is 0 Å². The Kier molecular flexibility index (Phi) is 4.49. The minimum Gasteiger partial charge on any atom is -0.336 e. The molecule has 1 N–H and O–H groups in total. The molecule has 0 aliphatic heterocycles. The minimum atomic E-state index is 0.294. The Morgan fingerprint density at radius 3 is 2.89 bits per heavy atom. The Hall–Kier alpha value is -1.20. The summed E-state index contributed by atoms with van der Waals surface area (Å²) in [7, 11) is 2.04. The topological polar surface area (TPSA) is 42.7 Å². The first kappa shape index (κ1) is 13.2. The molecule has 0 aliphatic rings. The normalized spacial score (nSPS) is 12.8. The zero-order chi connectivity index (χ0) is 13.0. The molecule has 2 heterocycles. The highest BCUT2D eigenvalue weighted by Crippen LogP contribution is 2.20. The molecule has 0 amide bonds. The van der Waals surface area contributed by atoms with Gasteiger partial charge >= 0.3 is 0 Å². The second-order valence-electron chi connectivity index (χ2n) is 4.52. The van der Waals surface area contributed by atoms with Crippen LogP contribution in [0.5, 0.6) is 0 Å². The molecular weight excluding hydrogens is 244 g/mol. The van der Waals surface area contributed by atoms with Crippen LogP contribution in [0.2, 0.25) is 0 Å². The van der Waals surface area contributed by atoms with E-state index in [1.807, 2.05) is 26.5 Å². The van der Waals surface area contributed by atoms with Gasteiger partial charge < -0.3 is 9.88 Å². The highest BCUT2D eigenvalue weighted by molar-refractivity contribution is 7.09. The average molecular weight is 264 g/mol. The predicted octanol–water partition coefficient (Wildman–Crippen LogP) is 2.47. The minimum absolute atomic E-state index is 0.294. The smallest absolute Gasteiger partial charge is 0.0947 e. The number of imidazole rings is 1. The lowest BCUT2D eigenvalue weighted by molar-refractivity contribution is 0.503. The molecule has 0 aliphatic carbocycles. The molecule has 2 aromatic heterocycles. The first-order valence-corrected chi connectivity index (χ1v) is 7.19. The van der Waals surface area contributed by atoms with Crippen LogP contribution in [0.4, 0.5) is 0 Å². The largest absolute Gasteiger partial charge is 0.336 e. The lowest BCUT2D eigenvalue weighted by Crippen LogP contribution is -2.25. The van der Waals surface area contributed by atoms with Gasteiger partial charge in [0.2, 0.25) is 0 Å². The van der Waals surface area contributed by atoms with Crippen molar-refractivity contribution in [3.63, 3.8) is 0 Å². The van der Waals surface area contributed by atoms with Gasteiger partial charge in [0, 0.05) is 30.7 Å². The van der Waals surface area contributed by atoms with Gasteiger partial charge in [-0.05, 0) is 19.9 Å². The van der Waals surface area contributed by atoms with Crippen molar-refractivity contribution < 1.29 is 0 Å². The van der Waals surface area contributed by atoms with Crippen LogP contribution in [-0.4, -0.2) is 21.1 Å². The molecule has 0 bridgehead atoms. The van der Waals surface area contributed by atoms with Gasteiger partial charge in [-0.15, -0.1) is 11.3 Å². The molecule has 0 saturated carbocycles. The molecule has 0 saturated heterocycles. The number of nitrogens with one attached hydrogen (secondary N) is 1. The van der Waals surface area contributed by atoms with E-state index in [1.165, 1.54) is 10.7 Å². The second-order valence-corrected chi connectivity index (χ2v) is 5.47. The van der Waals surface area contributed by atoms with Gasteiger partial charge in [0.15, 0.2) is 0 Å². The summed E-state index contributed by atoms with van der Waals surface area (Å²) in [5.41, 5.74) is 2.32. The maximum atomic E-state index is 4.55. The van der Waals surface area contributed by atoms with E-state index in [4.69, 9.17) is 0 Å². The summed E-state index contributed by atoms with van der Waals surface area (Å²) >= 11 is 1.73. The molecule has 4 nitrogen and oxygen atoms in total. The summed E-state index contributed by atoms with van der Waals surface area (Å²) in [6, 6.07) is 0.294. The van der Waals surface area contributed by atoms with E-state index in [0.717, 1.165) is 25.1 Å². The summed E-state index contributed by atoms with van der Waals surface area (Å²) in [5.74, 6) is 0. The van der Waals surface area contributed by atoms with Crippen LogP contribution < -0.4 is 5.32 Å². The van der Waals surface area contributed by atoms with E-state index in [-0.39, 0.29) is 0 Å². The predicted molar refractivity (Wildman–Crippen MR) is 74.8 cm³/mol. The number of nitrogens with zero attached hydrogens (tertiary/aromatic N) is 3. The van der Waals surface area contributed by atoms with Crippen LogP contribution in [-0.2, 0) is 13.5 Å². The van der Waals surface area contributed by atoms with Gasteiger partial charge in [0.25, 0.3) is 0 Å². The fourth-order valence-corrected chi connectivity index (χ4v) is 2.79. The van der Waals surface area contributed by atoms with Gasteiger partial charge in [-0.3, -0.25) is 0 Å². The molecule has 1 unspecified atom stereocenters. The highest BCUT2D eigenvalue weighted by atomic mass is 32.1. The first-order valence-electron chi connectivity index (χ1n) is 6.31. The summed E-state index contributed by atoms with van der Waals surface area (Å²) < 4.78 is 2.08. The molecule has 98 valence electrons. The molecule has 0 fully saturated rings.